The fourth-order valence-electron chi connectivity index (χ4n) is 4.13. The molecule has 0 saturated carbocycles. The molecule has 32 heavy (non-hydrogen) atoms. The zero-order chi connectivity index (χ0) is 23.3. The van der Waals surface area contributed by atoms with E-state index in [1.54, 1.807) is 9.80 Å². The van der Waals surface area contributed by atoms with E-state index in [0.29, 0.717) is 45.6 Å². The van der Waals surface area contributed by atoms with Crippen molar-refractivity contribution in [2.45, 2.75) is 58.8 Å². The van der Waals surface area contributed by atoms with E-state index in [2.05, 4.69) is 0 Å². The van der Waals surface area contributed by atoms with Gasteiger partial charge in [0, 0.05) is 44.7 Å². The molecule has 0 N–H and O–H groups in total. The molecule has 8 nitrogen and oxygen atoms in total. The topological polar surface area (TPSA) is 79.4 Å². The number of carbonyl (C=O) groups excluding carboxylic acids is 3. The molecule has 2 aliphatic heterocycles. The van der Waals surface area contributed by atoms with E-state index in [9.17, 15) is 14.4 Å². The van der Waals surface area contributed by atoms with E-state index < -0.39 is 5.60 Å². The van der Waals surface area contributed by atoms with Gasteiger partial charge < -0.3 is 24.2 Å². The second-order valence-electron chi connectivity index (χ2n) is 9.61. The second kappa shape index (κ2) is 10.2. The van der Waals surface area contributed by atoms with Gasteiger partial charge in [-0.2, -0.15) is 0 Å². The third kappa shape index (κ3) is 6.37. The van der Waals surface area contributed by atoms with Crippen LogP contribution in [0.15, 0.2) is 30.3 Å². The lowest BCUT2D eigenvalue weighted by molar-refractivity contribution is -0.141. The molecule has 176 valence electrons. The van der Waals surface area contributed by atoms with E-state index in [0.717, 1.165) is 5.56 Å². The number of likely N-dealkylation sites (tertiary alicyclic amines) is 1. The molecule has 2 heterocycles. The van der Waals surface area contributed by atoms with Crippen molar-refractivity contribution in [2.75, 3.05) is 32.7 Å². The Balaban J connectivity index is 1.45. The van der Waals surface area contributed by atoms with Crippen molar-refractivity contribution in [3.63, 3.8) is 0 Å². The molecule has 0 aliphatic carbocycles. The van der Waals surface area contributed by atoms with Crippen molar-refractivity contribution in [1.82, 2.24) is 14.7 Å². The van der Waals surface area contributed by atoms with Gasteiger partial charge in [0.25, 0.3) is 0 Å². The monoisotopic (exact) mass is 445 g/mol. The number of hydrogen-bond acceptors (Lipinski definition) is 5. The first-order valence-corrected chi connectivity index (χ1v) is 11.4. The number of hydrogen-bond donors (Lipinski definition) is 0. The van der Waals surface area contributed by atoms with Gasteiger partial charge in [0.15, 0.2) is 0 Å². The van der Waals surface area contributed by atoms with Gasteiger partial charge in [-0.15, -0.1) is 0 Å². The van der Waals surface area contributed by atoms with Gasteiger partial charge in [0.2, 0.25) is 5.91 Å². The van der Waals surface area contributed by atoms with Gasteiger partial charge >= 0.3 is 12.2 Å². The third-order valence-corrected chi connectivity index (χ3v) is 5.87. The molecule has 2 fully saturated rings. The number of nitrogens with zero attached hydrogens (tertiary/aromatic N) is 3. The zero-order valence-corrected chi connectivity index (χ0v) is 19.6. The molecule has 8 heteroatoms. The quantitative estimate of drug-likeness (QED) is 0.711. The minimum Gasteiger partial charge on any atom is -0.445 e. The second-order valence-corrected chi connectivity index (χ2v) is 9.61. The average molecular weight is 446 g/mol. The summed E-state index contributed by atoms with van der Waals surface area (Å²) in [7, 11) is 0. The molecular weight excluding hydrogens is 410 g/mol. The number of carbonyl (C=O) groups is 3. The highest BCUT2D eigenvalue weighted by molar-refractivity contribution is 5.80. The first kappa shape index (κ1) is 23.9. The smallest absolute Gasteiger partial charge is 0.410 e. The summed E-state index contributed by atoms with van der Waals surface area (Å²) < 4.78 is 10.9. The van der Waals surface area contributed by atoms with Crippen LogP contribution in [0.5, 0.6) is 0 Å². The van der Waals surface area contributed by atoms with Crippen molar-refractivity contribution in [2.24, 2.45) is 5.92 Å². The molecule has 3 amide bonds. The Morgan fingerprint density at radius 1 is 0.938 bits per heavy atom. The van der Waals surface area contributed by atoms with E-state index in [1.807, 2.05) is 62.9 Å². The highest BCUT2D eigenvalue weighted by Gasteiger charge is 2.36. The minimum atomic E-state index is -0.527. The number of rotatable bonds is 3. The summed E-state index contributed by atoms with van der Waals surface area (Å²) in [6.45, 7) is 10.2. The lowest BCUT2D eigenvalue weighted by Gasteiger charge is -2.42. The Kier molecular flexibility index (Phi) is 7.64. The lowest BCUT2D eigenvalue weighted by Crippen LogP contribution is -2.57. The van der Waals surface area contributed by atoms with Crippen molar-refractivity contribution in [3.05, 3.63) is 35.9 Å². The molecule has 2 saturated heterocycles. The maximum atomic E-state index is 13.1. The largest absolute Gasteiger partial charge is 0.445 e. The Hall–Kier alpha value is -2.77. The van der Waals surface area contributed by atoms with Gasteiger partial charge in [-0.1, -0.05) is 30.3 Å². The molecule has 1 aromatic rings. The van der Waals surface area contributed by atoms with Crippen molar-refractivity contribution < 1.29 is 23.9 Å². The molecule has 1 atom stereocenters. The number of ether oxygens (including phenoxy) is 2. The molecular formula is C24H35N3O5. The van der Waals surface area contributed by atoms with Crippen LogP contribution in [0.1, 0.15) is 46.1 Å². The predicted molar refractivity (Wildman–Crippen MR) is 120 cm³/mol. The standard InChI is InChI=1S/C24H35N3O5/c1-18-16-26(22(29)31-17-19-8-6-5-7-9-19)14-15-27(18)21(28)20-10-12-25(13-11-20)23(30)32-24(2,3)4/h5-9,18,20H,10-17H2,1-4H3/t18-/m0/s1. The van der Waals surface area contributed by atoms with Crippen molar-refractivity contribution in [3.8, 4) is 0 Å². The maximum Gasteiger partial charge on any atom is 0.410 e. The molecule has 0 aromatic heterocycles. The molecule has 0 radical (unpaired) electrons. The lowest BCUT2D eigenvalue weighted by atomic mass is 9.94. The van der Waals surface area contributed by atoms with E-state index in [-0.39, 0.29) is 36.7 Å². The normalized spacial score (nSPS) is 20.1. The van der Waals surface area contributed by atoms with Crippen LogP contribution >= 0.6 is 0 Å². The van der Waals surface area contributed by atoms with Crippen LogP contribution in [0.3, 0.4) is 0 Å². The summed E-state index contributed by atoms with van der Waals surface area (Å²) in [5.41, 5.74) is 0.418. The summed E-state index contributed by atoms with van der Waals surface area (Å²) in [6, 6.07) is 9.50. The highest BCUT2D eigenvalue weighted by Crippen LogP contribution is 2.24. The van der Waals surface area contributed by atoms with Crippen LogP contribution in [0.4, 0.5) is 9.59 Å². The molecule has 3 rings (SSSR count). The zero-order valence-electron chi connectivity index (χ0n) is 19.6. The maximum absolute atomic E-state index is 13.1. The van der Waals surface area contributed by atoms with Crippen molar-refractivity contribution >= 4 is 18.1 Å². The van der Waals surface area contributed by atoms with Crippen LogP contribution in [-0.4, -0.2) is 77.2 Å². The van der Waals surface area contributed by atoms with E-state index >= 15 is 0 Å². The average Bonchev–Trinajstić information content (AvgIpc) is 2.76. The summed E-state index contributed by atoms with van der Waals surface area (Å²) in [6.07, 6.45) is 0.590. The summed E-state index contributed by atoms with van der Waals surface area (Å²) in [5.74, 6) is 0.00589. The van der Waals surface area contributed by atoms with Gasteiger partial charge in [-0.25, -0.2) is 9.59 Å². The number of piperidine rings is 1. The summed E-state index contributed by atoms with van der Waals surface area (Å²) >= 11 is 0. The van der Waals surface area contributed by atoms with E-state index in [1.165, 1.54) is 0 Å². The highest BCUT2D eigenvalue weighted by atomic mass is 16.6. The molecule has 0 bridgehead atoms. The first-order chi connectivity index (χ1) is 15.1. The van der Waals surface area contributed by atoms with Gasteiger partial charge in [-0.3, -0.25) is 4.79 Å². The summed E-state index contributed by atoms with van der Waals surface area (Å²) in [4.78, 5) is 43.0. The Morgan fingerprint density at radius 3 is 2.19 bits per heavy atom. The fourth-order valence-corrected chi connectivity index (χ4v) is 4.13. The van der Waals surface area contributed by atoms with Crippen LogP contribution < -0.4 is 0 Å². The van der Waals surface area contributed by atoms with Crippen LogP contribution in [0, 0.1) is 5.92 Å². The Bertz CT molecular complexity index is 800. The molecule has 1 aromatic carbocycles. The minimum absolute atomic E-state index is 0.0792. The molecule has 0 unspecified atom stereocenters. The van der Waals surface area contributed by atoms with Crippen molar-refractivity contribution in [1.29, 1.82) is 0 Å². The first-order valence-electron chi connectivity index (χ1n) is 11.4. The Labute approximate surface area is 190 Å². The summed E-state index contributed by atoms with van der Waals surface area (Å²) in [5, 5.41) is 0. The third-order valence-electron chi connectivity index (χ3n) is 5.87. The number of amides is 3. The number of benzene rings is 1. The van der Waals surface area contributed by atoms with Gasteiger partial charge in [-0.05, 0) is 46.1 Å². The fraction of sp³-hybridized carbons (Fsp3) is 0.625. The van der Waals surface area contributed by atoms with Crippen LogP contribution in [0.25, 0.3) is 0 Å². The van der Waals surface area contributed by atoms with Crippen LogP contribution in [0.2, 0.25) is 0 Å². The van der Waals surface area contributed by atoms with Crippen LogP contribution in [-0.2, 0) is 20.9 Å². The van der Waals surface area contributed by atoms with Gasteiger partial charge in [0.05, 0.1) is 0 Å². The molecule has 0 spiro atoms. The van der Waals surface area contributed by atoms with Gasteiger partial charge in [0.1, 0.15) is 12.2 Å². The Morgan fingerprint density at radius 2 is 1.59 bits per heavy atom. The van der Waals surface area contributed by atoms with E-state index in [4.69, 9.17) is 9.47 Å². The number of piperazine rings is 1. The molecule has 2 aliphatic rings. The SMILES string of the molecule is C[C@H]1CN(C(=O)OCc2ccccc2)CCN1C(=O)C1CCN(C(=O)OC(C)(C)C)CC1. The predicted octanol–water partition coefficient (Wildman–Crippen LogP) is 3.50.